The van der Waals surface area contributed by atoms with E-state index in [1.807, 2.05) is 30.3 Å². The van der Waals surface area contributed by atoms with Crippen LogP contribution in [0.15, 0.2) is 60.8 Å². The number of benzene rings is 2. The number of hydrogen-bond donors (Lipinski definition) is 1. The highest BCUT2D eigenvalue weighted by atomic mass is 35.5. The summed E-state index contributed by atoms with van der Waals surface area (Å²) in [6, 6.07) is 14.6. The highest BCUT2D eigenvalue weighted by Gasteiger charge is 2.49. The monoisotopic (exact) mass is 459 g/mol. The standard InChI is InChI=1S/C23H19ClFNO4S/c1-23(2)22-15(9-6-12-26-22)19(27)21(31(23,28)29)18-17(25)11-10-16(24)20(18)30-13-14-7-4-3-5-8-14/h3-12,27H,13H2,1-2H3. The number of rotatable bonds is 4. The topological polar surface area (TPSA) is 76.5 Å². The maximum Gasteiger partial charge on any atom is 0.193 e. The molecule has 0 radical (unpaired) electrons. The third kappa shape index (κ3) is 3.38. The van der Waals surface area contributed by atoms with Crippen molar-refractivity contribution in [2.45, 2.75) is 25.2 Å². The summed E-state index contributed by atoms with van der Waals surface area (Å²) >= 11 is 6.30. The largest absolute Gasteiger partial charge is 0.506 e. The van der Waals surface area contributed by atoms with E-state index in [-0.39, 0.29) is 28.6 Å². The van der Waals surface area contributed by atoms with Gasteiger partial charge in [-0.3, -0.25) is 4.98 Å². The van der Waals surface area contributed by atoms with E-state index >= 15 is 4.39 Å². The van der Waals surface area contributed by atoms with E-state index in [1.165, 1.54) is 26.1 Å². The summed E-state index contributed by atoms with van der Waals surface area (Å²) in [5, 5.41) is 11.0. The first-order valence-electron chi connectivity index (χ1n) is 9.45. The first kappa shape index (κ1) is 21.3. The number of pyridine rings is 1. The van der Waals surface area contributed by atoms with E-state index in [0.29, 0.717) is 0 Å². The van der Waals surface area contributed by atoms with Crippen molar-refractivity contribution in [1.29, 1.82) is 0 Å². The summed E-state index contributed by atoms with van der Waals surface area (Å²) in [6.45, 7) is 2.97. The van der Waals surface area contributed by atoms with Gasteiger partial charge >= 0.3 is 0 Å². The number of aromatic nitrogens is 1. The zero-order valence-corrected chi connectivity index (χ0v) is 18.3. The molecule has 160 valence electrons. The van der Waals surface area contributed by atoms with E-state index in [2.05, 4.69) is 4.98 Å². The van der Waals surface area contributed by atoms with Crippen molar-refractivity contribution in [3.63, 3.8) is 0 Å². The van der Waals surface area contributed by atoms with Crippen molar-refractivity contribution < 1.29 is 22.7 Å². The molecule has 0 saturated heterocycles. The van der Waals surface area contributed by atoms with Crippen LogP contribution in [0.3, 0.4) is 0 Å². The second-order valence-electron chi connectivity index (χ2n) is 7.60. The van der Waals surface area contributed by atoms with Gasteiger partial charge in [0.2, 0.25) is 0 Å². The third-order valence-electron chi connectivity index (χ3n) is 5.30. The Morgan fingerprint density at radius 3 is 2.52 bits per heavy atom. The summed E-state index contributed by atoms with van der Waals surface area (Å²) in [5.74, 6) is -1.62. The van der Waals surface area contributed by atoms with E-state index < -0.39 is 36.6 Å². The number of aliphatic hydroxyl groups is 1. The van der Waals surface area contributed by atoms with E-state index in [4.69, 9.17) is 16.3 Å². The number of ether oxygens (including phenoxy) is 1. The first-order valence-corrected chi connectivity index (χ1v) is 11.3. The Bertz CT molecular complexity index is 1300. The molecule has 31 heavy (non-hydrogen) atoms. The molecule has 0 amide bonds. The van der Waals surface area contributed by atoms with Crippen molar-refractivity contribution in [2.24, 2.45) is 0 Å². The Kier molecular flexibility index (Phi) is 5.27. The van der Waals surface area contributed by atoms with E-state index in [1.54, 1.807) is 12.1 Å². The summed E-state index contributed by atoms with van der Waals surface area (Å²) in [6.07, 6.45) is 1.45. The lowest BCUT2D eigenvalue weighted by atomic mass is 9.99. The van der Waals surface area contributed by atoms with Crippen LogP contribution < -0.4 is 4.74 Å². The lowest BCUT2D eigenvalue weighted by Crippen LogP contribution is -2.35. The average molecular weight is 460 g/mol. The second kappa shape index (κ2) is 7.66. The maximum atomic E-state index is 15.1. The molecule has 1 aliphatic rings. The SMILES string of the molecule is CC1(C)c2ncccc2C(O)=C(c2c(F)ccc(Cl)c2OCc2ccccc2)S1(=O)=O. The van der Waals surface area contributed by atoms with Crippen molar-refractivity contribution in [3.05, 3.63) is 94.0 Å². The Morgan fingerprint density at radius 2 is 1.81 bits per heavy atom. The second-order valence-corrected chi connectivity index (χ2v) is 10.4. The molecule has 0 aliphatic carbocycles. The number of nitrogens with zero attached hydrogens (tertiary/aromatic N) is 1. The lowest BCUT2D eigenvalue weighted by Gasteiger charge is -2.33. The normalized spacial score (nSPS) is 16.6. The molecule has 0 unspecified atom stereocenters. The highest BCUT2D eigenvalue weighted by molar-refractivity contribution is 8.01. The minimum absolute atomic E-state index is 0.0256. The molecule has 8 heteroatoms. The molecule has 0 spiro atoms. The number of halogens is 2. The minimum atomic E-state index is -4.27. The number of aliphatic hydroxyl groups excluding tert-OH is 1. The van der Waals surface area contributed by atoms with Gasteiger partial charge in [-0.2, -0.15) is 0 Å². The molecule has 0 saturated carbocycles. The van der Waals surface area contributed by atoms with Gasteiger partial charge in [0.05, 0.1) is 16.3 Å². The predicted molar refractivity (Wildman–Crippen MR) is 118 cm³/mol. The smallest absolute Gasteiger partial charge is 0.193 e. The van der Waals surface area contributed by atoms with Gasteiger partial charge in [0.1, 0.15) is 33.6 Å². The quantitative estimate of drug-likeness (QED) is 0.557. The Balaban J connectivity index is 1.96. The van der Waals surface area contributed by atoms with Gasteiger partial charge in [0.15, 0.2) is 9.84 Å². The number of hydrogen-bond acceptors (Lipinski definition) is 5. The molecule has 0 fully saturated rings. The molecular weight excluding hydrogens is 441 g/mol. The Morgan fingerprint density at radius 1 is 1.10 bits per heavy atom. The van der Waals surface area contributed by atoms with Crippen LogP contribution >= 0.6 is 11.6 Å². The van der Waals surface area contributed by atoms with Gasteiger partial charge in [0.25, 0.3) is 0 Å². The van der Waals surface area contributed by atoms with Crippen LogP contribution in [-0.2, 0) is 21.2 Å². The molecule has 2 heterocycles. The molecule has 1 N–H and O–H groups in total. The van der Waals surface area contributed by atoms with Crippen LogP contribution in [0.4, 0.5) is 4.39 Å². The maximum absolute atomic E-state index is 15.1. The number of fused-ring (bicyclic) bond motifs is 1. The van der Waals surface area contributed by atoms with Gasteiger partial charge in [-0.05, 0) is 43.7 Å². The molecule has 4 rings (SSSR count). The van der Waals surface area contributed by atoms with Crippen molar-refractivity contribution >= 4 is 32.1 Å². The zero-order chi connectivity index (χ0) is 22.4. The van der Waals surface area contributed by atoms with Gasteiger partial charge in [-0.1, -0.05) is 41.9 Å². The molecule has 0 bridgehead atoms. The Labute approximate surface area is 184 Å². The van der Waals surface area contributed by atoms with Gasteiger partial charge < -0.3 is 9.84 Å². The van der Waals surface area contributed by atoms with Gasteiger partial charge in [-0.25, -0.2) is 12.8 Å². The molecule has 1 aromatic heterocycles. The summed E-state index contributed by atoms with van der Waals surface area (Å²) in [5.41, 5.74) is 0.785. The van der Waals surface area contributed by atoms with Crippen molar-refractivity contribution in [3.8, 4) is 5.75 Å². The van der Waals surface area contributed by atoms with Crippen molar-refractivity contribution in [2.75, 3.05) is 0 Å². The zero-order valence-electron chi connectivity index (χ0n) is 16.8. The fraction of sp³-hybridized carbons (Fsp3) is 0.174. The minimum Gasteiger partial charge on any atom is -0.506 e. The average Bonchev–Trinajstić information content (AvgIpc) is 2.75. The predicted octanol–water partition coefficient (Wildman–Crippen LogP) is 5.50. The molecule has 5 nitrogen and oxygen atoms in total. The van der Waals surface area contributed by atoms with Crippen LogP contribution in [0.5, 0.6) is 5.75 Å². The van der Waals surface area contributed by atoms with Crippen LogP contribution in [-0.4, -0.2) is 18.5 Å². The van der Waals surface area contributed by atoms with Crippen LogP contribution in [0, 0.1) is 5.82 Å². The van der Waals surface area contributed by atoms with E-state index in [9.17, 15) is 13.5 Å². The molecule has 1 aliphatic heterocycles. The fourth-order valence-corrected chi connectivity index (χ4v) is 5.54. The summed E-state index contributed by atoms with van der Waals surface area (Å²) < 4.78 is 46.5. The highest BCUT2D eigenvalue weighted by Crippen LogP contribution is 2.50. The van der Waals surface area contributed by atoms with Crippen molar-refractivity contribution in [1.82, 2.24) is 4.98 Å². The third-order valence-corrected chi connectivity index (χ3v) is 8.07. The van der Waals surface area contributed by atoms with E-state index in [0.717, 1.165) is 11.6 Å². The molecule has 3 aromatic rings. The van der Waals surface area contributed by atoms with Gasteiger partial charge in [-0.15, -0.1) is 0 Å². The lowest BCUT2D eigenvalue weighted by molar-refractivity contribution is 0.304. The van der Waals surface area contributed by atoms with Gasteiger partial charge in [0, 0.05) is 11.8 Å². The van der Waals surface area contributed by atoms with Crippen LogP contribution in [0.2, 0.25) is 5.02 Å². The van der Waals surface area contributed by atoms with Crippen LogP contribution in [0.1, 0.15) is 36.2 Å². The first-order chi connectivity index (χ1) is 14.7. The fourth-order valence-electron chi connectivity index (χ4n) is 3.58. The molecule has 2 aromatic carbocycles. The molecular formula is C23H19ClFNO4S. The molecule has 0 atom stereocenters. The summed E-state index contributed by atoms with van der Waals surface area (Å²) in [4.78, 5) is 3.59. The van der Waals surface area contributed by atoms with Crippen LogP contribution in [0.25, 0.3) is 10.7 Å². The summed E-state index contributed by atoms with van der Waals surface area (Å²) in [7, 11) is -4.27. The number of sulfone groups is 1. The Hall–Kier alpha value is -2.90.